The topological polar surface area (TPSA) is 6.48 Å². The van der Waals surface area contributed by atoms with Gasteiger partial charge in [0.05, 0.1) is 11.1 Å². The number of anilines is 6. The van der Waals surface area contributed by atoms with Crippen molar-refractivity contribution in [3.05, 3.63) is 245 Å². The fraction of sp³-hybridized carbons (Fsp3) is 0.134. The van der Waals surface area contributed by atoms with Crippen LogP contribution in [0.3, 0.4) is 0 Å². The van der Waals surface area contributed by atoms with E-state index >= 15 is 0 Å². The number of fused-ring (bicyclic) bond motifs is 15. The van der Waals surface area contributed by atoms with Gasteiger partial charge in [0.25, 0.3) is 6.71 Å². The number of rotatable bonds is 5. The molecule has 3 heterocycles. The molecule has 1 spiro atoms. The van der Waals surface area contributed by atoms with Crippen molar-refractivity contribution in [3.8, 4) is 44.5 Å². The molecule has 0 saturated heterocycles. The first kappa shape index (κ1) is 42.2. The van der Waals surface area contributed by atoms with Crippen LogP contribution < -0.4 is 25.5 Å². The summed E-state index contributed by atoms with van der Waals surface area (Å²) in [6, 6.07) is 78.8. The van der Waals surface area contributed by atoms with Crippen molar-refractivity contribution in [2.75, 3.05) is 9.80 Å². The summed E-state index contributed by atoms with van der Waals surface area (Å²) in [5.41, 5.74) is 28.0. The molecule has 14 rings (SSSR count). The molecule has 2 aliphatic heterocycles. The zero-order valence-corrected chi connectivity index (χ0v) is 41.9. The number of hydrogen-bond acceptors (Lipinski definition) is 3. The zero-order valence-electron chi connectivity index (χ0n) is 41.1. The number of hydrogen-bond donors (Lipinski definition) is 0. The smallest absolute Gasteiger partial charge is 0.264 e. The molecule has 4 aliphatic rings. The fourth-order valence-corrected chi connectivity index (χ4v) is 14.4. The van der Waals surface area contributed by atoms with E-state index in [-0.39, 0.29) is 12.1 Å². The Morgan fingerprint density at radius 1 is 0.493 bits per heavy atom. The molecule has 10 aromatic rings. The van der Waals surface area contributed by atoms with E-state index in [1.165, 1.54) is 127 Å². The van der Waals surface area contributed by atoms with Gasteiger partial charge < -0.3 is 9.80 Å². The van der Waals surface area contributed by atoms with E-state index in [1.807, 2.05) is 0 Å². The van der Waals surface area contributed by atoms with Crippen LogP contribution in [-0.2, 0) is 10.8 Å². The van der Waals surface area contributed by atoms with Gasteiger partial charge in [-0.2, -0.15) is 0 Å². The largest absolute Gasteiger partial charge is 0.311 e. The van der Waals surface area contributed by atoms with Gasteiger partial charge in [0.2, 0.25) is 0 Å². The summed E-state index contributed by atoms with van der Waals surface area (Å²) >= 11 is 2.06. The van der Waals surface area contributed by atoms with E-state index in [0.717, 1.165) is 5.69 Å². The average molecular weight is 929 g/mol. The van der Waals surface area contributed by atoms with Crippen LogP contribution >= 0.6 is 11.3 Å². The standard InChI is InChI=1S/C67H53BN2S/c1-41(2)44-30-35-52-56(38-44)67(54-24-15-13-22-50(54)51-23-14-16-25-55(51)67)64-61(52)63-65(71-64)68-57-37-31-45(53-40-46(66(4,5)6)32-36-49(53)43-18-9-7-10-19-43)39-60(57)69(47-20-11-8-12-21-47)58-26-17-27-59(62(58)68)70(63)48-33-28-42(3)29-34-48/h7-41H,1-6H3. The zero-order chi connectivity index (χ0) is 47.9. The van der Waals surface area contributed by atoms with Crippen LogP contribution in [-0.4, -0.2) is 6.71 Å². The van der Waals surface area contributed by atoms with Crippen LogP contribution in [0.15, 0.2) is 206 Å². The minimum Gasteiger partial charge on any atom is -0.311 e. The summed E-state index contributed by atoms with van der Waals surface area (Å²) in [5, 5.41) is 0. The second-order valence-electron chi connectivity index (χ2n) is 21.5. The first-order valence-corrected chi connectivity index (χ1v) is 26.1. The molecule has 0 fully saturated rings. The Morgan fingerprint density at radius 2 is 1.13 bits per heavy atom. The Bertz CT molecular complexity index is 3760. The normalized spacial score (nSPS) is 14.2. The van der Waals surface area contributed by atoms with E-state index < -0.39 is 5.41 Å². The molecule has 0 bridgehead atoms. The predicted molar refractivity (Wildman–Crippen MR) is 303 cm³/mol. The van der Waals surface area contributed by atoms with Crippen LogP contribution in [0.4, 0.5) is 34.1 Å². The van der Waals surface area contributed by atoms with Crippen molar-refractivity contribution in [1.29, 1.82) is 0 Å². The van der Waals surface area contributed by atoms with E-state index in [2.05, 4.69) is 269 Å². The highest BCUT2D eigenvalue weighted by molar-refractivity contribution is 7.30. The van der Waals surface area contributed by atoms with Crippen molar-refractivity contribution in [2.45, 2.75) is 58.3 Å². The Hall–Kier alpha value is -7.66. The van der Waals surface area contributed by atoms with Crippen molar-refractivity contribution in [2.24, 2.45) is 0 Å². The summed E-state index contributed by atoms with van der Waals surface area (Å²) in [6.45, 7) is 13.8. The molecular weight excluding hydrogens is 876 g/mol. The summed E-state index contributed by atoms with van der Waals surface area (Å²) < 4.78 is 1.40. The average Bonchev–Trinajstić information content (AvgIpc) is 4.03. The van der Waals surface area contributed by atoms with E-state index in [0.29, 0.717) is 5.92 Å². The van der Waals surface area contributed by atoms with Crippen LogP contribution in [0.1, 0.15) is 78.8 Å². The third kappa shape index (κ3) is 5.95. The number of nitrogens with zero attached hydrogens (tertiary/aromatic N) is 2. The SMILES string of the molecule is Cc1ccc(N2c3cccc4c3B(c3ccc(-c5cc(C(C)(C)C)ccc5-c5ccccc5)cc3N4c3ccccc3)c3sc4c(c32)-c2ccc(C(C)C)cc2C42c3ccccc3-c3ccccc32)cc1. The lowest BCUT2D eigenvalue weighted by molar-refractivity contribution is 0.590. The molecular formula is C67H53BN2S. The number of benzene rings is 9. The maximum Gasteiger partial charge on any atom is 0.264 e. The van der Waals surface area contributed by atoms with E-state index in [9.17, 15) is 0 Å². The molecule has 2 nitrogen and oxygen atoms in total. The van der Waals surface area contributed by atoms with Crippen molar-refractivity contribution >= 4 is 67.9 Å². The molecule has 0 radical (unpaired) electrons. The molecule has 71 heavy (non-hydrogen) atoms. The van der Waals surface area contributed by atoms with Crippen molar-refractivity contribution in [3.63, 3.8) is 0 Å². The molecule has 0 N–H and O–H groups in total. The molecule has 0 atom stereocenters. The van der Waals surface area contributed by atoms with Crippen LogP contribution in [0.25, 0.3) is 44.5 Å². The van der Waals surface area contributed by atoms with Crippen LogP contribution in [0, 0.1) is 6.92 Å². The highest BCUT2D eigenvalue weighted by Gasteiger charge is 2.57. The first-order valence-electron chi connectivity index (χ1n) is 25.3. The van der Waals surface area contributed by atoms with Crippen LogP contribution in [0.5, 0.6) is 0 Å². The molecule has 2 aliphatic carbocycles. The number of aryl methyl sites for hydroxylation is 1. The second kappa shape index (κ2) is 15.4. The summed E-state index contributed by atoms with van der Waals surface area (Å²) in [6.07, 6.45) is 0. The van der Waals surface area contributed by atoms with Crippen molar-refractivity contribution in [1.82, 2.24) is 0 Å². The third-order valence-corrected chi connectivity index (χ3v) is 17.4. The monoisotopic (exact) mass is 928 g/mol. The van der Waals surface area contributed by atoms with Gasteiger partial charge in [0.15, 0.2) is 0 Å². The molecule has 0 saturated carbocycles. The number of thiophene rings is 1. The van der Waals surface area contributed by atoms with Crippen molar-refractivity contribution < 1.29 is 0 Å². The van der Waals surface area contributed by atoms with Gasteiger partial charge in [-0.1, -0.05) is 204 Å². The highest BCUT2D eigenvalue weighted by Crippen LogP contribution is 2.67. The summed E-state index contributed by atoms with van der Waals surface area (Å²) in [5.74, 6) is 0.391. The Balaban J connectivity index is 1.10. The molecule has 9 aromatic carbocycles. The van der Waals surface area contributed by atoms with Gasteiger partial charge in [0.1, 0.15) is 0 Å². The predicted octanol–water partition coefficient (Wildman–Crippen LogP) is 16.2. The Morgan fingerprint density at radius 3 is 1.82 bits per heavy atom. The summed E-state index contributed by atoms with van der Waals surface area (Å²) in [4.78, 5) is 6.62. The molecule has 0 amide bonds. The van der Waals surface area contributed by atoms with Gasteiger partial charge >= 0.3 is 0 Å². The highest BCUT2D eigenvalue weighted by atomic mass is 32.1. The van der Waals surface area contributed by atoms with Gasteiger partial charge in [-0.3, -0.25) is 0 Å². The van der Waals surface area contributed by atoms with Gasteiger partial charge in [-0.25, -0.2) is 0 Å². The van der Waals surface area contributed by atoms with E-state index in [1.54, 1.807) is 0 Å². The third-order valence-electron chi connectivity index (χ3n) is 16.1. The molecule has 0 unspecified atom stereocenters. The van der Waals surface area contributed by atoms with E-state index in [4.69, 9.17) is 0 Å². The molecule has 340 valence electrons. The Kier molecular flexibility index (Phi) is 9.18. The molecule has 4 heteroatoms. The second-order valence-corrected chi connectivity index (χ2v) is 22.5. The number of para-hydroxylation sites is 1. The lowest BCUT2D eigenvalue weighted by Gasteiger charge is -2.43. The van der Waals surface area contributed by atoms with Gasteiger partial charge in [0, 0.05) is 43.7 Å². The fourth-order valence-electron chi connectivity index (χ4n) is 12.7. The minimum atomic E-state index is -0.470. The Labute approximate surface area is 422 Å². The quantitative estimate of drug-likeness (QED) is 0.159. The minimum absolute atomic E-state index is 0.0162. The molecule has 1 aromatic heterocycles. The van der Waals surface area contributed by atoms with Gasteiger partial charge in [-0.05, 0) is 138 Å². The maximum atomic E-state index is 2.64. The lowest BCUT2D eigenvalue weighted by Crippen LogP contribution is -2.60. The lowest BCUT2D eigenvalue weighted by atomic mass is 9.36. The van der Waals surface area contributed by atoms with Gasteiger partial charge in [-0.15, -0.1) is 11.3 Å². The summed E-state index contributed by atoms with van der Waals surface area (Å²) in [7, 11) is 0. The maximum absolute atomic E-state index is 2.64. The first-order chi connectivity index (χ1) is 34.6. The van der Waals surface area contributed by atoms with Crippen LogP contribution in [0.2, 0.25) is 0 Å².